The zero-order valence-corrected chi connectivity index (χ0v) is 13.8. The number of aromatic amines is 1. The van der Waals surface area contributed by atoms with Crippen molar-refractivity contribution in [3.63, 3.8) is 0 Å². The van der Waals surface area contributed by atoms with Crippen LogP contribution in [0.5, 0.6) is 0 Å². The Morgan fingerprint density at radius 3 is 2.78 bits per heavy atom. The molecule has 0 saturated heterocycles. The van der Waals surface area contributed by atoms with Gasteiger partial charge in [0.15, 0.2) is 16.8 Å². The fourth-order valence-corrected chi connectivity index (χ4v) is 2.35. The van der Waals surface area contributed by atoms with Gasteiger partial charge in [0.1, 0.15) is 12.4 Å². The Bertz CT molecular complexity index is 896. The maximum Gasteiger partial charge on any atom is 0.258 e. The quantitative estimate of drug-likeness (QED) is 0.863. The molecular weight excluding hydrogens is 314 g/mol. The number of carbonyl (C=O) groups is 1. The van der Waals surface area contributed by atoms with Crippen LogP contribution < -0.4 is 5.56 Å². The Morgan fingerprint density at radius 2 is 2.17 bits per heavy atom. The number of ketones is 1. The number of hydrogen-bond acceptors (Lipinski definition) is 6. The van der Waals surface area contributed by atoms with Gasteiger partial charge in [-0.15, -0.1) is 0 Å². The summed E-state index contributed by atoms with van der Waals surface area (Å²) in [5.74, 6) is -1.70. The van der Waals surface area contributed by atoms with Gasteiger partial charge in [0.25, 0.3) is 5.56 Å². The number of aryl methyl sites for hydroxylation is 2. The number of ether oxygens (including phenoxy) is 1. The van der Waals surface area contributed by atoms with Crippen LogP contribution in [0.2, 0.25) is 0 Å². The fraction of sp³-hybridized carbons (Fsp3) is 0.312. The Hall–Kier alpha value is -2.59. The maximum atomic E-state index is 12.2. The van der Waals surface area contributed by atoms with E-state index in [0.717, 1.165) is 11.1 Å². The van der Waals surface area contributed by atoms with Crippen molar-refractivity contribution in [1.82, 2.24) is 9.97 Å². The number of nitrogens with zero attached hydrogens (tertiary/aromatic N) is 2. The fourth-order valence-electron chi connectivity index (χ4n) is 2.29. The summed E-state index contributed by atoms with van der Waals surface area (Å²) in [5.41, 5.74) is 1.85. The summed E-state index contributed by atoms with van der Waals surface area (Å²) in [6.45, 7) is 4.91. The molecule has 1 unspecified atom stereocenters. The normalized spacial score (nSPS) is 11.7. The van der Waals surface area contributed by atoms with Gasteiger partial charge in [0.2, 0.25) is 0 Å². The highest BCUT2D eigenvalue weighted by Crippen LogP contribution is 2.18. The van der Waals surface area contributed by atoms with E-state index in [-0.39, 0.29) is 23.0 Å². The molecule has 0 aliphatic rings. The Morgan fingerprint density at radius 1 is 1.48 bits per heavy atom. The van der Waals surface area contributed by atoms with Crippen molar-refractivity contribution in [2.75, 3.05) is 6.61 Å². The van der Waals surface area contributed by atoms with Gasteiger partial charge in [-0.3, -0.25) is 9.59 Å². The first kappa shape index (κ1) is 16.8. The summed E-state index contributed by atoms with van der Waals surface area (Å²) in [5, 5.41) is 9.91. The minimum Gasteiger partial charge on any atom is -0.480 e. The molecule has 6 nitrogen and oxygen atoms in total. The molecule has 1 atom stereocenters. The van der Waals surface area contributed by atoms with Crippen LogP contribution in [0.4, 0.5) is 0 Å². The lowest BCUT2D eigenvalue weighted by atomic mass is 10.0. The molecule has 0 amide bonds. The number of hydrogen-bond donors (Lipinski definition) is 1. The lowest BCUT2D eigenvalue weighted by Crippen LogP contribution is -2.23. The molecule has 1 aromatic carbocycles. The van der Waals surface area contributed by atoms with Crippen LogP contribution in [0.15, 0.2) is 16.9 Å². The minimum absolute atomic E-state index is 0.0209. The largest absolute Gasteiger partial charge is 0.480 e. The van der Waals surface area contributed by atoms with E-state index < -0.39 is 11.7 Å². The lowest BCUT2D eigenvalue weighted by molar-refractivity contribution is -0.121. The van der Waals surface area contributed by atoms with Gasteiger partial charge in [-0.25, -0.2) is 4.98 Å². The summed E-state index contributed by atoms with van der Waals surface area (Å²) < 4.78 is 4.98. The van der Waals surface area contributed by atoms with Gasteiger partial charge in [-0.2, -0.15) is 5.26 Å². The highest BCUT2D eigenvalue weighted by molar-refractivity contribution is 7.80. The van der Waals surface area contributed by atoms with Crippen LogP contribution in [0.25, 0.3) is 10.9 Å². The van der Waals surface area contributed by atoms with E-state index in [1.807, 2.05) is 26.0 Å². The van der Waals surface area contributed by atoms with Gasteiger partial charge in [-0.05, 0) is 43.3 Å². The van der Waals surface area contributed by atoms with Crippen molar-refractivity contribution in [1.29, 1.82) is 5.26 Å². The van der Waals surface area contributed by atoms with Gasteiger partial charge in [-0.1, -0.05) is 6.07 Å². The van der Waals surface area contributed by atoms with Gasteiger partial charge < -0.3 is 9.72 Å². The molecule has 0 radical (unpaired) electrons. The van der Waals surface area contributed by atoms with E-state index in [2.05, 4.69) is 9.97 Å². The SMILES string of the molecule is CC(=S)OCC(=O)C(C#N)c1nc2c(C)cc(C)cc2c(=O)[nH]1. The summed E-state index contributed by atoms with van der Waals surface area (Å²) >= 11 is 4.74. The molecule has 0 fully saturated rings. The number of benzene rings is 1. The Labute approximate surface area is 138 Å². The molecule has 0 saturated carbocycles. The lowest BCUT2D eigenvalue weighted by Gasteiger charge is -2.10. The van der Waals surface area contributed by atoms with Crippen LogP contribution >= 0.6 is 12.2 Å². The van der Waals surface area contributed by atoms with E-state index in [1.165, 1.54) is 6.92 Å². The zero-order valence-electron chi connectivity index (χ0n) is 13.0. The summed E-state index contributed by atoms with van der Waals surface area (Å²) in [7, 11) is 0. The van der Waals surface area contributed by atoms with Crippen molar-refractivity contribution < 1.29 is 9.53 Å². The molecule has 1 N–H and O–H groups in total. The van der Waals surface area contributed by atoms with Gasteiger partial charge >= 0.3 is 0 Å². The van der Waals surface area contributed by atoms with Crippen molar-refractivity contribution in [2.45, 2.75) is 26.7 Å². The second-order valence-electron chi connectivity index (χ2n) is 5.24. The first-order valence-electron chi connectivity index (χ1n) is 6.90. The second-order valence-corrected chi connectivity index (χ2v) is 5.81. The third-order valence-corrected chi connectivity index (χ3v) is 3.42. The van der Waals surface area contributed by atoms with E-state index in [0.29, 0.717) is 10.9 Å². The van der Waals surface area contributed by atoms with Crippen LogP contribution in [0, 0.1) is 25.2 Å². The standard InChI is InChI=1S/C16H15N3O3S/c1-8-4-9(2)14-11(5-8)16(21)19-15(18-14)12(6-17)13(20)7-22-10(3)23/h4-5,12H,7H2,1-3H3,(H,18,19,21). The smallest absolute Gasteiger partial charge is 0.258 e. The number of aromatic nitrogens is 2. The summed E-state index contributed by atoms with van der Waals surface area (Å²) in [6.07, 6.45) is 0. The number of rotatable bonds is 4. The van der Waals surface area contributed by atoms with Gasteiger partial charge in [0.05, 0.1) is 17.0 Å². The Balaban J connectivity index is 2.50. The van der Waals surface area contributed by atoms with Crippen molar-refractivity contribution in [3.8, 4) is 6.07 Å². The summed E-state index contributed by atoms with van der Waals surface area (Å²) in [4.78, 5) is 31.2. The number of fused-ring (bicyclic) bond motifs is 1. The third kappa shape index (κ3) is 3.60. The highest BCUT2D eigenvalue weighted by Gasteiger charge is 2.24. The number of nitriles is 1. The minimum atomic E-state index is -1.21. The van der Waals surface area contributed by atoms with Crippen LogP contribution in [-0.4, -0.2) is 27.4 Å². The molecular formula is C16H15N3O3S. The molecule has 118 valence electrons. The van der Waals surface area contributed by atoms with Crippen LogP contribution in [0.3, 0.4) is 0 Å². The van der Waals surface area contributed by atoms with E-state index in [9.17, 15) is 14.9 Å². The van der Waals surface area contributed by atoms with Crippen molar-refractivity contribution >= 4 is 34.0 Å². The van der Waals surface area contributed by atoms with Gasteiger partial charge in [0, 0.05) is 6.92 Å². The highest BCUT2D eigenvalue weighted by atomic mass is 32.1. The first-order valence-corrected chi connectivity index (χ1v) is 7.31. The Kier molecular flexibility index (Phi) is 4.86. The molecule has 0 spiro atoms. The number of thiocarbonyl (C=S) groups is 1. The third-order valence-electron chi connectivity index (χ3n) is 3.31. The summed E-state index contributed by atoms with van der Waals surface area (Å²) in [6, 6.07) is 5.47. The van der Waals surface area contributed by atoms with Crippen molar-refractivity contribution in [3.05, 3.63) is 39.4 Å². The zero-order chi connectivity index (χ0) is 17.1. The maximum absolute atomic E-state index is 12.2. The number of carbonyl (C=O) groups excluding carboxylic acids is 1. The average molecular weight is 329 g/mol. The molecule has 7 heteroatoms. The molecule has 23 heavy (non-hydrogen) atoms. The van der Waals surface area contributed by atoms with Crippen molar-refractivity contribution in [2.24, 2.45) is 0 Å². The van der Waals surface area contributed by atoms with E-state index in [4.69, 9.17) is 17.0 Å². The van der Waals surface area contributed by atoms with Crippen LogP contribution in [-0.2, 0) is 9.53 Å². The molecule has 2 aromatic rings. The average Bonchev–Trinajstić information content (AvgIpc) is 2.47. The molecule has 0 bridgehead atoms. The topological polar surface area (TPSA) is 95.8 Å². The second kappa shape index (κ2) is 6.67. The molecule has 1 aromatic heterocycles. The monoisotopic (exact) mass is 329 g/mol. The predicted octanol–water partition coefficient (Wildman–Crippen LogP) is 2.08. The number of Topliss-reactive ketones (excluding diaryl/α,β-unsaturated/α-hetero) is 1. The molecule has 0 aliphatic heterocycles. The number of H-pyrrole nitrogens is 1. The van der Waals surface area contributed by atoms with Crippen LogP contribution in [0.1, 0.15) is 29.8 Å². The number of nitrogens with one attached hydrogen (secondary N) is 1. The molecule has 2 rings (SSSR count). The van der Waals surface area contributed by atoms with E-state index >= 15 is 0 Å². The molecule has 1 heterocycles. The predicted molar refractivity (Wildman–Crippen MR) is 89.4 cm³/mol. The van der Waals surface area contributed by atoms with E-state index in [1.54, 1.807) is 6.07 Å². The first-order chi connectivity index (χ1) is 10.8. The molecule has 0 aliphatic carbocycles.